The van der Waals surface area contributed by atoms with Crippen LogP contribution in [-0.2, 0) is 6.42 Å². The predicted octanol–water partition coefficient (Wildman–Crippen LogP) is 5.26. The first-order valence-electron chi connectivity index (χ1n) is 8.77. The van der Waals surface area contributed by atoms with Crippen molar-refractivity contribution < 1.29 is 9.84 Å². The molecule has 0 aliphatic heterocycles. The molecule has 0 saturated heterocycles. The Morgan fingerprint density at radius 3 is 2.36 bits per heavy atom. The molecule has 1 N–H and O–H groups in total. The second-order valence-corrected chi connectivity index (χ2v) is 6.69. The van der Waals surface area contributed by atoms with Crippen LogP contribution in [0.5, 0.6) is 11.5 Å². The average molecular weight is 330 g/mol. The van der Waals surface area contributed by atoms with E-state index in [0.717, 1.165) is 18.6 Å². The van der Waals surface area contributed by atoms with Crippen LogP contribution in [0.1, 0.15) is 40.5 Å². The van der Waals surface area contributed by atoms with Crippen LogP contribution in [-0.4, -0.2) is 12.2 Å². The molecule has 3 aromatic rings. The van der Waals surface area contributed by atoms with Crippen LogP contribution in [0.4, 0.5) is 0 Å². The van der Waals surface area contributed by atoms with Gasteiger partial charge in [0.05, 0.1) is 7.11 Å². The van der Waals surface area contributed by atoms with Gasteiger partial charge < -0.3 is 9.84 Å². The van der Waals surface area contributed by atoms with Crippen LogP contribution < -0.4 is 4.74 Å². The third kappa shape index (κ3) is 3.00. The summed E-state index contributed by atoms with van der Waals surface area (Å²) < 4.78 is 5.42. The molecule has 0 spiro atoms. The number of hydrogen-bond donors (Lipinski definition) is 1. The lowest BCUT2D eigenvalue weighted by molar-refractivity contribution is 0.412. The van der Waals surface area contributed by atoms with Gasteiger partial charge in [-0.1, -0.05) is 48.5 Å². The van der Waals surface area contributed by atoms with E-state index in [0.29, 0.717) is 11.7 Å². The Bertz CT molecular complexity index is 853. The third-order valence-corrected chi connectivity index (χ3v) is 5.29. The van der Waals surface area contributed by atoms with Gasteiger partial charge in [-0.3, -0.25) is 0 Å². The van der Waals surface area contributed by atoms with Gasteiger partial charge in [0.1, 0.15) is 11.5 Å². The highest BCUT2D eigenvalue weighted by molar-refractivity contribution is 5.48. The molecule has 0 saturated carbocycles. The molecule has 2 heteroatoms. The Morgan fingerprint density at radius 2 is 1.64 bits per heavy atom. The van der Waals surface area contributed by atoms with Crippen LogP contribution in [0, 0.1) is 0 Å². The smallest absolute Gasteiger partial charge is 0.119 e. The molecular weight excluding hydrogens is 308 g/mol. The molecule has 1 aliphatic rings. The molecule has 0 aromatic heterocycles. The van der Waals surface area contributed by atoms with E-state index in [2.05, 4.69) is 60.7 Å². The zero-order valence-electron chi connectivity index (χ0n) is 14.4. The highest BCUT2D eigenvalue weighted by atomic mass is 16.5. The summed E-state index contributed by atoms with van der Waals surface area (Å²) in [5.41, 5.74) is 5.36. The van der Waals surface area contributed by atoms with E-state index in [1.54, 1.807) is 19.2 Å². The van der Waals surface area contributed by atoms with Gasteiger partial charge in [-0.05, 0) is 65.3 Å². The van der Waals surface area contributed by atoms with Gasteiger partial charge in [-0.25, -0.2) is 0 Å². The maximum Gasteiger partial charge on any atom is 0.119 e. The number of methoxy groups -OCH3 is 1. The summed E-state index contributed by atoms with van der Waals surface area (Å²) in [4.78, 5) is 0. The maximum absolute atomic E-state index is 9.69. The van der Waals surface area contributed by atoms with E-state index in [1.807, 2.05) is 0 Å². The molecule has 1 aliphatic carbocycles. The standard InChI is InChI=1S/C23H22O2/c1-25-20-12-14-22-18(15-20)9-13-21(16-5-3-2-4-6-16)23(22)17-7-10-19(24)11-8-17/h2-8,10-12,14-15,21,23-24H,9,13H2,1H3/t21-,23-/m1/s1. The van der Waals surface area contributed by atoms with E-state index < -0.39 is 0 Å². The largest absolute Gasteiger partial charge is 0.508 e. The van der Waals surface area contributed by atoms with Crippen molar-refractivity contribution in [1.82, 2.24) is 0 Å². The van der Waals surface area contributed by atoms with E-state index >= 15 is 0 Å². The van der Waals surface area contributed by atoms with Gasteiger partial charge in [-0.15, -0.1) is 0 Å². The molecule has 0 heterocycles. The van der Waals surface area contributed by atoms with Crippen LogP contribution in [0.15, 0.2) is 72.8 Å². The van der Waals surface area contributed by atoms with Gasteiger partial charge in [0.15, 0.2) is 0 Å². The van der Waals surface area contributed by atoms with Crippen molar-refractivity contribution in [2.45, 2.75) is 24.7 Å². The zero-order chi connectivity index (χ0) is 17.2. The van der Waals surface area contributed by atoms with Crippen molar-refractivity contribution in [3.8, 4) is 11.5 Å². The Hall–Kier alpha value is -2.74. The van der Waals surface area contributed by atoms with Gasteiger partial charge in [0.2, 0.25) is 0 Å². The minimum atomic E-state index is 0.289. The Kier molecular flexibility index (Phi) is 4.19. The van der Waals surface area contributed by atoms with Crippen molar-refractivity contribution in [2.24, 2.45) is 0 Å². The molecule has 0 unspecified atom stereocenters. The van der Waals surface area contributed by atoms with Crippen molar-refractivity contribution in [1.29, 1.82) is 0 Å². The molecule has 25 heavy (non-hydrogen) atoms. The first-order chi connectivity index (χ1) is 12.3. The van der Waals surface area contributed by atoms with Crippen molar-refractivity contribution in [3.05, 3.63) is 95.1 Å². The minimum absolute atomic E-state index is 0.289. The van der Waals surface area contributed by atoms with Crippen LogP contribution in [0.2, 0.25) is 0 Å². The lowest BCUT2D eigenvalue weighted by Crippen LogP contribution is -2.20. The lowest BCUT2D eigenvalue weighted by atomic mass is 9.69. The number of benzene rings is 3. The molecule has 0 radical (unpaired) electrons. The molecule has 0 amide bonds. The molecule has 4 rings (SSSR count). The number of phenols is 1. The monoisotopic (exact) mass is 330 g/mol. The van der Waals surface area contributed by atoms with Crippen LogP contribution in [0.25, 0.3) is 0 Å². The van der Waals surface area contributed by atoms with Crippen molar-refractivity contribution in [2.75, 3.05) is 7.11 Å². The summed E-state index contributed by atoms with van der Waals surface area (Å²) in [7, 11) is 1.72. The summed E-state index contributed by atoms with van der Waals surface area (Å²) in [6.45, 7) is 0. The average Bonchev–Trinajstić information content (AvgIpc) is 2.68. The number of aryl methyl sites for hydroxylation is 1. The quantitative estimate of drug-likeness (QED) is 0.709. The SMILES string of the molecule is COc1ccc2c(c1)CC[C@H](c1ccccc1)[C@H]2c1ccc(O)cc1. The molecule has 126 valence electrons. The summed E-state index contributed by atoms with van der Waals surface area (Å²) in [5.74, 6) is 1.96. The van der Waals surface area contributed by atoms with Crippen molar-refractivity contribution in [3.63, 3.8) is 0 Å². The van der Waals surface area contributed by atoms with E-state index in [4.69, 9.17) is 4.74 Å². The Morgan fingerprint density at radius 1 is 0.880 bits per heavy atom. The van der Waals surface area contributed by atoms with E-state index in [9.17, 15) is 5.11 Å². The number of ether oxygens (including phenoxy) is 1. The van der Waals surface area contributed by atoms with Gasteiger partial charge in [-0.2, -0.15) is 0 Å². The fourth-order valence-electron chi connectivity index (χ4n) is 4.08. The molecule has 0 bridgehead atoms. The highest BCUT2D eigenvalue weighted by Gasteiger charge is 2.32. The second-order valence-electron chi connectivity index (χ2n) is 6.69. The first kappa shape index (κ1) is 15.8. The van der Waals surface area contributed by atoms with Gasteiger partial charge in [0, 0.05) is 5.92 Å². The second kappa shape index (κ2) is 6.64. The normalized spacial score (nSPS) is 19.2. The molecule has 0 fully saturated rings. The highest BCUT2D eigenvalue weighted by Crippen LogP contribution is 2.47. The summed E-state index contributed by atoms with van der Waals surface area (Å²) in [6, 6.07) is 24.9. The fraction of sp³-hybridized carbons (Fsp3) is 0.217. The molecular formula is C23H22O2. The summed E-state index contributed by atoms with van der Waals surface area (Å²) in [5, 5.41) is 9.69. The minimum Gasteiger partial charge on any atom is -0.508 e. The molecule has 2 atom stereocenters. The molecule has 2 nitrogen and oxygen atoms in total. The first-order valence-corrected chi connectivity index (χ1v) is 8.77. The maximum atomic E-state index is 9.69. The predicted molar refractivity (Wildman–Crippen MR) is 100 cm³/mol. The van der Waals surface area contributed by atoms with Crippen LogP contribution >= 0.6 is 0 Å². The number of rotatable bonds is 3. The Balaban J connectivity index is 1.84. The third-order valence-electron chi connectivity index (χ3n) is 5.29. The number of fused-ring (bicyclic) bond motifs is 1. The summed E-state index contributed by atoms with van der Waals surface area (Å²) >= 11 is 0. The van der Waals surface area contributed by atoms with Crippen molar-refractivity contribution >= 4 is 0 Å². The summed E-state index contributed by atoms with van der Waals surface area (Å²) in [6.07, 6.45) is 2.16. The fourth-order valence-corrected chi connectivity index (χ4v) is 4.08. The molecule has 3 aromatic carbocycles. The number of hydrogen-bond acceptors (Lipinski definition) is 2. The van der Waals surface area contributed by atoms with E-state index in [-0.39, 0.29) is 5.92 Å². The van der Waals surface area contributed by atoms with Gasteiger partial charge in [0.25, 0.3) is 0 Å². The van der Waals surface area contributed by atoms with E-state index in [1.165, 1.54) is 22.3 Å². The topological polar surface area (TPSA) is 29.5 Å². The lowest BCUT2D eigenvalue weighted by Gasteiger charge is -2.35. The number of phenolic OH excluding ortho intramolecular Hbond substituents is 1. The number of aromatic hydroxyl groups is 1. The van der Waals surface area contributed by atoms with Gasteiger partial charge >= 0.3 is 0 Å². The van der Waals surface area contributed by atoms with Crippen LogP contribution in [0.3, 0.4) is 0 Å². The Labute approximate surface area is 148 Å². The zero-order valence-corrected chi connectivity index (χ0v) is 14.4.